The fraction of sp³-hybridized carbons (Fsp3) is 0.833. The Morgan fingerprint density at radius 1 is 1.44 bits per heavy atom. The van der Waals surface area contributed by atoms with E-state index in [1.54, 1.807) is 32.7 Å². The lowest BCUT2D eigenvalue weighted by atomic mass is 10.2. The van der Waals surface area contributed by atoms with E-state index in [1.165, 1.54) is 4.90 Å². The zero-order chi connectivity index (χ0) is 13.9. The third kappa shape index (κ3) is 3.78. The van der Waals surface area contributed by atoms with Gasteiger partial charge in [-0.15, -0.1) is 0 Å². The van der Waals surface area contributed by atoms with Crippen LogP contribution in [-0.2, 0) is 9.47 Å². The van der Waals surface area contributed by atoms with Crippen molar-refractivity contribution in [2.24, 2.45) is 0 Å². The molecule has 6 heteroatoms. The highest BCUT2D eigenvalue weighted by Crippen LogP contribution is 2.17. The smallest absolute Gasteiger partial charge is 0.429 e. The van der Waals surface area contributed by atoms with Gasteiger partial charge in [0.2, 0.25) is 0 Å². The van der Waals surface area contributed by atoms with Gasteiger partial charge < -0.3 is 14.4 Å². The Balaban J connectivity index is 2.54. The lowest BCUT2D eigenvalue weighted by Crippen LogP contribution is -2.53. The molecule has 2 amide bonds. The van der Waals surface area contributed by atoms with Gasteiger partial charge in [0.05, 0.1) is 0 Å². The predicted molar refractivity (Wildman–Crippen MR) is 66.1 cm³/mol. The molecular weight excluding hydrogens is 236 g/mol. The first-order valence-corrected chi connectivity index (χ1v) is 6.16. The second-order valence-electron chi connectivity index (χ2n) is 5.30. The molecule has 104 valence electrons. The van der Waals surface area contributed by atoms with Gasteiger partial charge in [0.1, 0.15) is 5.60 Å². The minimum atomic E-state index is -0.739. The van der Waals surface area contributed by atoms with E-state index in [0.29, 0.717) is 19.5 Å². The van der Waals surface area contributed by atoms with Crippen LogP contribution in [0.15, 0.2) is 0 Å². The Kier molecular flexibility index (Phi) is 4.43. The van der Waals surface area contributed by atoms with E-state index in [1.807, 2.05) is 6.92 Å². The maximum absolute atomic E-state index is 11.9. The first kappa shape index (κ1) is 14.6. The van der Waals surface area contributed by atoms with Crippen LogP contribution in [-0.4, -0.2) is 54.0 Å². The summed E-state index contributed by atoms with van der Waals surface area (Å²) in [5, 5.41) is 0. The summed E-state index contributed by atoms with van der Waals surface area (Å²) in [4.78, 5) is 26.5. The molecule has 6 nitrogen and oxygen atoms in total. The van der Waals surface area contributed by atoms with Crippen LogP contribution < -0.4 is 0 Å². The number of ether oxygens (including phenoxy) is 2. The summed E-state index contributed by atoms with van der Waals surface area (Å²) in [5.74, 6) is 0. The summed E-state index contributed by atoms with van der Waals surface area (Å²) in [6, 6.07) is -0.127. The first-order chi connectivity index (χ1) is 8.24. The Hall–Kier alpha value is -1.46. The van der Waals surface area contributed by atoms with Crippen molar-refractivity contribution in [2.45, 2.75) is 45.9 Å². The van der Waals surface area contributed by atoms with Crippen molar-refractivity contribution < 1.29 is 19.1 Å². The quantitative estimate of drug-likeness (QED) is 0.711. The average Bonchev–Trinajstić information content (AvgIpc) is 2.22. The van der Waals surface area contributed by atoms with Crippen LogP contribution in [0.5, 0.6) is 0 Å². The zero-order valence-corrected chi connectivity index (χ0v) is 11.7. The SMILES string of the molecule is CCN1CCC(OC(=O)OC(C)(C)C)N(C)C1=O. The van der Waals surface area contributed by atoms with E-state index in [-0.39, 0.29) is 6.03 Å². The zero-order valence-electron chi connectivity index (χ0n) is 11.7. The van der Waals surface area contributed by atoms with E-state index in [2.05, 4.69) is 0 Å². The maximum Gasteiger partial charge on any atom is 0.510 e. The van der Waals surface area contributed by atoms with Crippen LogP contribution >= 0.6 is 0 Å². The second-order valence-corrected chi connectivity index (χ2v) is 5.30. The number of carbonyl (C=O) groups excluding carboxylic acids is 2. The van der Waals surface area contributed by atoms with Crippen LogP contribution in [0.2, 0.25) is 0 Å². The van der Waals surface area contributed by atoms with Gasteiger partial charge in [0, 0.05) is 26.6 Å². The van der Waals surface area contributed by atoms with E-state index in [4.69, 9.17) is 9.47 Å². The van der Waals surface area contributed by atoms with Crippen molar-refractivity contribution in [3.05, 3.63) is 0 Å². The summed E-state index contributed by atoms with van der Waals surface area (Å²) in [6.45, 7) is 8.46. The maximum atomic E-state index is 11.9. The molecule has 1 unspecified atom stereocenters. The predicted octanol–water partition coefficient (Wildman–Crippen LogP) is 2.04. The molecule has 0 saturated carbocycles. The van der Waals surface area contributed by atoms with Gasteiger partial charge in [-0.05, 0) is 27.7 Å². The number of carbonyl (C=O) groups is 2. The van der Waals surface area contributed by atoms with Crippen molar-refractivity contribution >= 4 is 12.2 Å². The molecule has 1 fully saturated rings. The molecule has 0 N–H and O–H groups in total. The van der Waals surface area contributed by atoms with Crippen molar-refractivity contribution in [1.29, 1.82) is 0 Å². The minimum Gasteiger partial charge on any atom is -0.429 e. The normalized spacial score (nSPS) is 20.9. The van der Waals surface area contributed by atoms with Crippen molar-refractivity contribution in [2.75, 3.05) is 20.1 Å². The molecule has 0 aromatic heterocycles. The first-order valence-electron chi connectivity index (χ1n) is 6.16. The fourth-order valence-electron chi connectivity index (χ4n) is 1.72. The fourth-order valence-corrected chi connectivity index (χ4v) is 1.72. The van der Waals surface area contributed by atoms with E-state index < -0.39 is 18.0 Å². The molecule has 1 aliphatic heterocycles. The molecule has 18 heavy (non-hydrogen) atoms. The average molecular weight is 258 g/mol. The van der Waals surface area contributed by atoms with E-state index in [9.17, 15) is 9.59 Å². The second kappa shape index (κ2) is 5.46. The third-order valence-electron chi connectivity index (χ3n) is 2.65. The highest BCUT2D eigenvalue weighted by Gasteiger charge is 2.33. The van der Waals surface area contributed by atoms with Gasteiger partial charge in [-0.25, -0.2) is 9.59 Å². The summed E-state index contributed by atoms with van der Waals surface area (Å²) >= 11 is 0. The molecule has 1 rings (SSSR count). The summed E-state index contributed by atoms with van der Waals surface area (Å²) in [5.41, 5.74) is -0.593. The van der Waals surface area contributed by atoms with Gasteiger partial charge in [0.25, 0.3) is 0 Å². The molecule has 1 saturated heterocycles. The standard InChI is InChI=1S/C12H22N2O4/c1-6-14-8-7-9(13(5)10(14)15)17-11(16)18-12(2,3)4/h9H,6-8H2,1-5H3. The Labute approximate surface area is 108 Å². The molecule has 0 aliphatic carbocycles. The molecular formula is C12H22N2O4. The van der Waals surface area contributed by atoms with Gasteiger partial charge in [-0.2, -0.15) is 0 Å². The number of rotatable bonds is 2. The van der Waals surface area contributed by atoms with Gasteiger partial charge in [-0.3, -0.25) is 4.90 Å². The van der Waals surface area contributed by atoms with Crippen molar-refractivity contribution in [3.8, 4) is 0 Å². The summed E-state index contributed by atoms with van der Waals surface area (Å²) in [7, 11) is 1.62. The lowest BCUT2D eigenvalue weighted by Gasteiger charge is -2.38. The molecule has 0 aromatic carbocycles. The Morgan fingerprint density at radius 3 is 2.56 bits per heavy atom. The van der Waals surface area contributed by atoms with Gasteiger partial charge >= 0.3 is 12.2 Å². The molecule has 0 aromatic rings. The molecule has 0 spiro atoms. The van der Waals surface area contributed by atoms with Crippen molar-refractivity contribution in [1.82, 2.24) is 9.80 Å². The molecule has 1 heterocycles. The topological polar surface area (TPSA) is 59.1 Å². The molecule has 1 atom stereocenters. The third-order valence-corrected chi connectivity index (χ3v) is 2.65. The molecule has 0 bridgehead atoms. The largest absolute Gasteiger partial charge is 0.510 e. The molecule has 1 aliphatic rings. The van der Waals surface area contributed by atoms with Crippen LogP contribution in [0.3, 0.4) is 0 Å². The highest BCUT2D eigenvalue weighted by molar-refractivity contribution is 5.75. The number of amides is 2. The highest BCUT2D eigenvalue weighted by atomic mass is 16.7. The van der Waals surface area contributed by atoms with Gasteiger partial charge in [-0.1, -0.05) is 0 Å². The summed E-state index contributed by atoms with van der Waals surface area (Å²) in [6.07, 6.45) is -0.692. The summed E-state index contributed by atoms with van der Waals surface area (Å²) < 4.78 is 10.2. The van der Waals surface area contributed by atoms with Crippen LogP contribution in [0, 0.1) is 0 Å². The number of urea groups is 1. The molecule has 0 radical (unpaired) electrons. The van der Waals surface area contributed by atoms with Gasteiger partial charge in [0.15, 0.2) is 6.23 Å². The minimum absolute atomic E-state index is 0.127. The van der Waals surface area contributed by atoms with Crippen LogP contribution in [0.4, 0.5) is 9.59 Å². The van der Waals surface area contributed by atoms with Crippen molar-refractivity contribution in [3.63, 3.8) is 0 Å². The van der Waals surface area contributed by atoms with E-state index >= 15 is 0 Å². The Bertz CT molecular complexity index is 325. The number of hydrogen-bond acceptors (Lipinski definition) is 4. The number of hydrogen-bond donors (Lipinski definition) is 0. The monoisotopic (exact) mass is 258 g/mol. The Morgan fingerprint density at radius 2 is 2.06 bits per heavy atom. The van der Waals surface area contributed by atoms with E-state index in [0.717, 1.165) is 0 Å². The number of nitrogens with zero attached hydrogens (tertiary/aromatic N) is 2. The van der Waals surface area contributed by atoms with Crippen LogP contribution in [0.25, 0.3) is 0 Å². The lowest BCUT2D eigenvalue weighted by molar-refractivity contribution is -0.0706. The van der Waals surface area contributed by atoms with Crippen LogP contribution in [0.1, 0.15) is 34.1 Å².